The Balaban J connectivity index is 0.00000121. The van der Waals surface area contributed by atoms with Crippen LogP contribution in [0.15, 0.2) is 6.20 Å². The standard InChI is InChI=1S/C6H9N3O2.ClH/c1-9-3-4(7)5(8-9)6(10)11-2;/h3H,7H2,1-2H3;1H. The van der Waals surface area contributed by atoms with E-state index in [1.165, 1.54) is 11.8 Å². The number of hydrogen-bond donors (Lipinski definition) is 1. The van der Waals surface area contributed by atoms with Gasteiger partial charge in [0.15, 0.2) is 5.69 Å². The van der Waals surface area contributed by atoms with Gasteiger partial charge in [-0.05, 0) is 0 Å². The Bertz CT molecular complexity index is 284. The third-order valence-electron chi connectivity index (χ3n) is 1.24. The Hall–Kier alpha value is -1.23. The second-order valence-corrected chi connectivity index (χ2v) is 2.10. The van der Waals surface area contributed by atoms with Crippen molar-refractivity contribution in [2.75, 3.05) is 12.8 Å². The van der Waals surface area contributed by atoms with Gasteiger partial charge >= 0.3 is 5.97 Å². The first-order valence-electron chi connectivity index (χ1n) is 3.02. The number of ether oxygens (including phenoxy) is 1. The fraction of sp³-hybridized carbons (Fsp3) is 0.333. The molecular formula is C6H10ClN3O2. The predicted molar refractivity (Wildman–Crippen MR) is 46.2 cm³/mol. The molecule has 1 heterocycles. The Morgan fingerprint density at radius 2 is 2.33 bits per heavy atom. The molecule has 0 radical (unpaired) electrons. The molecular weight excluding hydrogens is 182 g/mol. The SMILES string of the molecule is COC(=O)c1nn(C)cc1N.Cl. The number of carbonyl (C=O) groups excluding carboxylic acids is 1. The number of carbonyl (C=O) groups is 1. The molecule has 0 aliphatic carbocycles. The van der Waals surface area contributed by atoms with Crippen molar-refractivity contribution in [2.45, 2.75) is 0 Å². The highest BCUT2D eigenvalue weighted by molar-refractivity contribution is 5.92. The van der Waals surface area contributed by atoms with E-state index in [0.29, 0.717) is 5.69 Å². The number of halogens is 1. The van der Waals surface area contributed by atoms with Gasteiger partial charge in [-0.3, -0.25) is 4.68 Å². The van der Waals surface area contributed by atoms with Gasteiger partial charge in [-0.25, -0.2) is 4.79 Å². The first-order chi connectivity index (χ1) is 5.15. The zero-order valence-corrected chi connectivity index (χ0v) is 7.59. The van der Waals surface area contributed by atoms with E-state index in [-0.39, 0.29) is 18.1 Å². The van der Waals surface area contributed by atoms with Crippen LogP contribution in [0.4, 0.5) is 5.69 Å². The van der Waals surface area contributed by atoms with Crippen molar-refractivity contribution in [1.29, 1.82) is 0 Å². The largest absolute Gasteiger partial charge is 0.464 e. The van der Waals surface area contributed by atoms with E-state index in [2.05, 4.69) is 9.84 Å². The summed E-state index contributed by atoms with van der Waals surface area (Å²) in [7, 11) is 2.97. The molecule has 0 fully saturated rings. The first-order valence-corrected chi connectivity index (χ1v) is 3.02. The molecule has 0 saturated carbocycles. The van der Waals surface area contributed by atoms with Gasteiger partial charge in [-0.15, -0.1) is 12.4 Å². The monoisotopic (exact) mass is 191 g/mol. The number of nitrogen functional groups attached to an aromatic ring is 1. The van der Waals surface area contributed by atoms with E-state index in [4.69, 9.17) is 5.73 Å². The van der Waals surface area contributed by atoms with Crippen LogP contribution in [0.3, 0.4) is 0 Å². The van der Waals surface area contributed by atoms with Crippen LogP contribution in [0.1, 0.15) is 10.5 Å². The molecule has 0 aliphatic heterocycles. The minimum absolute atomic E-state index is 0. The van der Waals surface area contributed by atoms with E-state index < -0.39 is 5.97 Å². The predicted octanol–water partition coefficient (Wildman–Crippen LogP) is 0.211. The number of nitrogens with zero attached hydrogens (tertiary/aromatic N) is 2. The van der Waals surface area contributed by atoms with Crippen molar-refractivity contribution in [2.24, 2.45) is 7.05 Å². The van der Waals surface area contributed by atoms with Gasteiger partial charge in [0.2, 0.25) is 0 Å². The lowest BCUT2D eigenvalue weighted by molar-refractivity contribution is 0.0594. The van der Waals surface area contributed by atoms with Crippen molar-refractivity contribution in [3.8, 4) is 0 Å². The molecule has 6 heteroatoms. The summed E-state index contributed by atoms with van der Waals surface area (Å²) in [6.45, 7) is 0. The molecule has 0 aliphatic rings. The summed E-state index contributed by atoms with van der Waals surface area (Å²) < 4.78 is 5.90. The van der Waals surface area contributed by atoms with E-state index in [9.17, 15) is 4.79 Å². The highest BCUT2D eigenvalue weighted by Gasteiger charge is 2.13. The summed E-state index contributed by atoms with van der Waals surface area (Å²) in [4.78, 5) is 10.9. The molecule has 0 atom stereocenters. The molecule has 12 heavy (non-hydrogen) atoms. The van der Waals surface area contributed by atoms with Crippen LogP contribution < -0.4 is 5.73 Å². The zero-order valence-electron chi connectivity index (χ0n) is 6.77. The smallest absolute Gasteiger partial charge is 0.360 e. The minimum Gasteiger partial charge on any atom is -0.464 e. The highest BCUT2D eigenvalue weighted by Crippen LogP contribution is 2.08. The molecule has 1 aromatic heterocycles. The first kappa shape index (κ1) is 10.8. The highest BCUT2D eigenvalue weighted by atomic mass is 35.5. The van der Waals surface area contributed by atoms with E-state index >= 15 is 0 Å². The Labute approximate surface area is 75.9 Å². The molecule has 0 spiro atoms. The summed E-state index contributed by atoms with van der Waals surface area (Å²) in [5, 5.41) is 3.80. The lowest BCUT2D eigenvalue weighted by Crippen LogP contribution is -2.05. The Kier molecular flexibility index (Phi) is 3.56. The van der Waals surface area contributed by atoms with Crippen LogP contribution in [0.5, 0.6) is 0 Å². The second-order valence-electron chi connectivity index (χ2n) is 2.10. The molecule has 5 nitrogen and oxygen atoms in total. The number of hydrogen-bond acceptors (Lipinski definition) is 4. The van der Waals surface area contributed by atoms with Crippen molar-refractivity contribution in [3.63, 3.8) is 0 Å². The normalized spacial score (nSPS) is 8.83. The van der Waals surface area contributed by atoms with E-state index in [0.717, 1.165) is 0 Å². The molecule has 68 valence electrons. The molecule has 1 aromatic rings. The molecule has 0 bridgehead atoms. The summed E-state index contributed by atoms with van der Waals surface area (Å²) in [6.07, 6.45) is 1.55. The average molecular weight is 192 g/mol. The number of aryl methyl sites for hydroxylation is 1. The lowest BCUT2D eigenvalue weighted by atomic mass is 10.4. The van der Waals surface area contributed by atoms with Gasteiger partial charge in [0, 0.05) is 13.2 Å². The summed E-state index contributed by atoms with van der Waals surface area (Å²) >= 11 is 0. The maximum atomic E-state index is 10.9. The van der Waals surface area contributed by atoms with E-state index in [1.54, 1.807) is 13.2 Å². The fourth-order valence-corrected chi connectivity index (χ4v) is 0.762. The number of rotatable bonds is 1. The molecule has 2 N–H and O–H groups in total. The molecule has 0 amide bonds. The zero-order chi connectivity index (χ0) is 8.43. The molecule has 0 unspecified atom stereocenters. The summed E-state index contributed by atoms with van der Waals surface area (Å²) in [5.74, 6) is -0.511. The summed E-state index contributed by atoms with van der Waals surface area (Å²) in [5.41, 5.74) is 5.93. The number of esters is 1. The molecule has 0 saturated heterocycles. The van der Waals surface area contributed by atoms with Crippen LogP contribution in [-0.2, 0) is 11.8 Å². The van der Waals surface area contributed by atoms with Crippen LogP contribution in [0, 0.1) is 0 Å². The summed E-state index contributed by atoms with van der Waals surface area (Å²) in [6, 6.07) is 0. The van der Waals surface area contributed by atoms with Crippen molar-refractivity contribution >= 4 is 24.1 Å². The Morgan fingerprint density at radius 3 is 2.67 bits per heavy atom. The third-order valence-corrected chi connectivity index (χ3v) is 1.24. The molecule has 1 rings (SSSR count). The van der Waals surface area contributed by atoms with Gasteiger partial charge in [0.1, 0.15) is 0 Å². The van der Waals surface area contributed by atoms with Gasteiger partial charge in [-0.1, -0.05) is 0 Å². The number of anilines is 1. The third kappa shape index (κ3) is 1.88. The van der Waals surface area contributed by atoms with E-state index in [1.807, 2.05) is 0 Å². The van der Waals surface area contributed by atoms with Gasteiger partial charge < -0.3 is 10.5 Å². The number of methoxy groups -OCH3 is 1. The lowest BCUT2D eigenvalue weighted by Gasteiger charge is -1.93. The quantitative estimate of drug-likeness (QED) is 0.645. The van der Waals surface area contributed by atoms with Crippen LogP contribution in [0.2, 0.25) is 0 Å². The van der Waals surface area contributed by atoms with Crippen LogP contribution in [0.25, 0.3) is 0 Å². The van der Waals surface area contributed by atoms with Crippen LogP contribution in [-0.4, -0.2) is 22.9 Å². The number of nitrogens with two attached hydrogens (primary N) is 1. The number of aromatic nitrogens is 2. The molecule has 0 aromatic carbocycles. The van der Waals surface area contributed by atoms with Crippen molar-refractivity contribution < 1.29 is 9.53 Å². The topological polar surface area (TPSA) is 70.1 Å². The second kappa shape index (κ2) is 3.96. The maximum Gasteiger partial charge on any atom is 0.360 e. The van der Waals surface area contributed by atoms with Crippen molar-refractivity contribution in [3.05, 3.63) is 11.9 Å². The fourth-order valence-electron chi connectivity index (χ4n) is 0.762. The average Bonchev–Trinajstić information content (AvgIpc) is 2.28. The minimum atomic E-state index is -0.511. The van der Waals surface area contributed by atoms with Gasteiger partial charge in [0.25, 0.3) is 0 Å². The maximum absolute atomic E-state index is 10.9. The van der Waals surface area contributed by atoms with Crippen LogP contribution >= 0.6 is 12.4 Å². The van der Waals surface area contributed by atoms with Gasteiger partial charge in [0.05, 0.1) is 12.8 Å². The van der Waals surface area contributed by atoms with Gasteiger partial charge in [-0.2, -0.15) is 5.10 Å². The van der Waals surface area contributed by atoms with Crippen molar-refractivity contribution in [1.82, 2.24) is 9.78 Å². The Morgan fingerprint density at radius 1 is 1.75 bits per heavy atom.